The summed E-state index contributed by atoms with van der Waals surface area (Å²) in [6, 6.07) is 4.19. The van der Waals surface area contributed by atoms with Crippen molar-refractivity contribution >= 4 is 12.4 Å². The van der Waals surface area contributed by atoms with E-state index in [-0.39, 0.29) is 63.1 Å². The molecule has 0 radical (unpaired) electrons. The molecule has 0 aromatic heterocycles. The first kappa shape index (κ1) is 18.5. The van der Waals surface area contributed by atoms with Crippen molar-refractivity contribution in [1.82, 2.24) is 0 Å². The van der Waals surface area contributed by atoms with Gasteiger partial charge >= 0.3 is 58.4 Å². The van der Waals surface area contributed by atoms with E-state index in [4.69, 9.17) is 4.74 Å². The first-order chi connectivity index (χ1) is 7.84. The summed E-state index contributed by atoms with van der Waals surface area (Å²) in [5.74, 6) is 0.202. The van der Waals surface area contributed by atoms with Gasteiger partial charge in [0.1, 0.15) is 0 Å². The molecule has 1 rings (SSSR count). The molecule has 0 saturated carbocycles. The van der Waals surface area contributed by atoms with Crippen LogP contribution in [0.15, 0.2) is 18.2 Å². The van der Waals surface area contributed by atoms with E-state index in [0.29, 0.717) is 12.2 Å². The Labute approximate surface area is 149 Å². The molecule has 6 heteroatoms. The third-order valence-corrected chi connectivity index (χ3v) is 2.74. The Bertz CT molecular complexity index is 382. The van der Waals surface area contributed by atoms with Gasteiger partial charge in [-0.2, -0.15) is 0 Å². The SMILES string of the molecule is CCC(C)COc1ccc(C)cc1[B-](F)(F)F.[K+]. The third kappa shape index (κ3) is 5.65. The summed E-state index contributed by atoms with van der Waals surface area (Å²) in [6.07, 6.45) is 0.887. The first-order valence-corrected chi connectivity index (χ1v) is 5.78. The molecule has 0 amide bonds. The summed E-state index contributed by atoms with van der Waals surface area (Å²) in [6.45, 7) is 0.878. The average Bonchev–Trinajstić information content (AvgIpc) is 2.25. The number of rotatable bonds is 5. The summed E-state index contributed by atoms with van der Waals surface area (Å²) in [5.41, 5.74) is -0.0385. The summed E-state index contributed by atoms with van der Waals surface area (Å²) >= 11 is 0. The van der Waals surface area contributed by atoms with Gasteiger partial charge in [0.25, 0.3) is 0 Å². The molecular weight excluding hydrogens is 267 g/mol. The minimum Gasteiger partial charge on any atom is -0.496 e. The van der Waals surface area contributed by atoms with Gasteiger partial charge in [0, 0.05) is 0 Å². The molecule has 1 aromatic rings. The summed E-state index contributed by atoms with van der Waals surface area (Å²) in [7, 11) is 0. The zero-order chi connectivity index (χ0) is 13.1. The van der Waals surface area contributed by atoms with Crippen molar-refractivity contribution < 1.29 is 69.1 Å². The zero-order valence-corrected chi connectivity index (χ0v) is 14.5. The predicted molar refractivity (Wildman–Crippen MR) is 64.8 cm³/mol. The maximum absolute atomic E-state index is 12.8. The summed E-state index contributed by atoms with van der Waals surface area (Å²) < 4.78 is 43.7. The largest absolute Gasteiger partial charge is 1.00 e. The van der Waals surface area contributed by atoms with E-state index in [0.717, 1.165) is 12.5 Å². The smallest absolute Gasteiger partial charge is 0.496 e. The molecule has 0 heterocycles. The van der Waals surface area contributed by atoms with Crippen molar-refractivity contribution in [2.75, 3.05) is 6.61 Å². The van der Waals surface area contributed by atoms with Crippen LogP contribution < -0.4 is 61.6 Å². The number of hydrogen-bond donors (Lipinski definition) is 0. The van der Waals surface area contributed by atoms with E-state index in [2.05, 4.69) is 0 Å². The van der Waals surface area contributed by atoms with Crippen LogP contribution in [-0.4, -0.2) is 13.6 Å². The van der Waals surface area contributed by atoms with Crippen molar-refractivity contribution in [3.63, 3.8) is 0 Å². The van der Waals surface area contributed by atoms with Gasteiger partial charge in [0.15, 0.2) is 0 Å². The predicted octanol–water partition coefficient (Wildman–Crippen LogP) is 0.478. The van der Waals surface area contributed by atoms with Gasteiger partial charge in [-0.15, -0.1) is 0 Å². The molecule has 0 saturated heterocycles. The number of aryl methyl sites for hydroxylation is 1. The molecule has 0 bridgehead atoms. The molecule has 0 spiro atoms. The Morgan fingerprint density at radius 3 is 2.39 bits per heavy atom. The van der Waals surface area contributed by atoms with E-state index in [1.54, 1.807) is 13.0 Å². The van der Waals surface area contributed by atoms with E-state index in [9.17, 15) is 12.9 Å². The van der Waals surface area contributed by atoms with Gasteiger partial charge in [-0.1, -0.05) is 43.4 Å². The van der Waals surface area contributed by atoms with Crippen LogP contribution in [0.25, 0.3) is 0 Å². The Kier molecular flexibility index (Phi) is 8.17. The second kappa shape index (κ2) is 7.95. The van der Waals surface area contributed by atoms with Crippen molar-refractivity contribution in [3.8, 4) is 5.75 Å². The van der Waals surface area contributed by atoms with Crippen molar-refractivity contribution in [3.05, 3.63) is 23.8 Å². The minimum atomic E-state index is -5.02. The first-order valence-electron chi connectivity index (χ1n) is 5.78. The minimum absolute atomic E-state index is 0. The fraction of sp³-hybridized carbons (Fsp3) is 0.500. The molecule has 0 fully saturated rings. The van der Waals surface area contributed by atoms with Gasteiger partial charge in [0.2, 0.25) is 0 Å². The van der Waals surface area contributed by atoms with Crippen LogP contribution in [0.5, 0.6) is 5.75 Å². The second-order valence-corrected chi connectivity index (χ2v) is 4.44. The molecule has 1 unspecified atom stereocenters. The number of ether oxygens (including phenoxy) is 1. The fourth-order valence-electron chi connectivity index (χ4n) is 1.41. The Hall–Kier alpha value is 0.511. The number of benzene rings is 1. The Balaban J connectivity index is 0.00000289. The molecule has 1 atom stereocenters. The van der Waals surface area contributed by atoms with Gasteiger partial charge in [-0.25, -0.2) is 0 Å². The van der Waals surface area contributed by atoms with Crippen LogP contribution in [0, 0.1) is 12.8 Å². The summed E-state index contributed by atoms with van der Waals surface area (Å²) in [4.78, 5) is 0. The molecule has 1 aromatic carbocycles. The molecule has 0 aliphatic heterocycles. The van der Waals surface area contributed by atoms with E-state index < -0.39 is 12.4 Å². The number of hydrogen-bond acceptors (Lipinski definition) is 1. The van der Waals surface area contributed by atoms with E-state index in [1.807, 2.05) is 13.8 Å². The molecule has 96 valence electrons. The van der Waals surface area contributed by atoms with E-state index in [1.165, 1.54) is 6.07 Å². The monoisotopic (exact) mass is 284 g/mol. The normalized spacial score (nSPS) is 12.8. The van der Waals surface area contributed by atoms with Crippen molar-refractivity contribution in [2.24, 2.45) is 5.92 Å². The van der Waals surface area contributed by atoms with Gasteiger partial charge in [-0.3, -0.25) is 0 Å². The fourth-order valence-corrected chi connectivity index (χ4v) is 1.41. The van der Waals surface area contributed by atoms with Gasteiger partial charge in [-0.05, 0) is 18.9 Å². The van der Waals surface area contributed by atoms with Gasteiger partial charge < -0.3 is 17.7 Å². The molecule has 18 heavy (non-hydrogen) atoms. The number of halogens is 3. The zero-order valence-electron chi connectivity index (χ0n) is 11.3. The van der Waals surface area contributed by atoms with Crippen LogP contribution in [0.4, 0.5) is 12.9 Å². The van der Waals surface area contributed by atoms with Crippen LogP contribution in [0.1, 0.15) is 25.8 Å². The summed E-state index contributed by atoms with van der Waals surface area (Å²) in [5, 5.41) is 0. The third-order valence-electron chi connectivity index (χ3n) is 2.74. The van der Waals surface area contributed by atoms with Crippen LogP contribution in [0.2, 0.25) is 0 Å². The Morgan fingerprint density at radius 1 is 1.28 bits per heavy atom. The topological polar surface area (TPSA) is 9.23 Å². The van der Waals surface area contributed by atoms with Crippen molar-refractivity contribution in [1.29, 1.82) is 0 Å². The van der Waals surface area contributed by atoms with Gasteiger partial charge in [0.05, 0.1) is 12.4 Å². The molecular formula is C12H17BF3KO. The van der Waals surface area contributed by atoms with Crippen LogP contribution in [-0.2, 0) is 0 Å². The maximum Gasteiger partial charge on any atom is 1.00 e. The standard InChI is InChI=1S/C12H17BF3O.K/c1-4-9(2)8-17-12-6-5-10(3)7-11(12)13(14,15)16;/h5-7,9H,4,8H2,1-3H3;/q-1;+1. The molecule has 0 aliphatic carbocycles. The molecule has 0 N–H and O–H groups in total. The van der Waals surface area contributed by atoms with E-state index >= 15 is 0 Å². The quantitative estimate of drug-likeness (QED) is 0.715. The Morgan fingerprint density at radius 2 is 1.89 bits per heavy atom. The maximum atomic E-state index is 12.8. The van der Waals surface area contributed by atoms with Crippen LogP contribution in [0.3, 0.4) is 0 Å². The second-order valence-electron chi connectivity index (χ2n) is 4.44. The van der Waals surface area contributed by atoms with Crippen LogP contribution >= 0.6 is 0 Å². The molecule has 1 nitrogen and oxygen atoms in total. The molecule has 0 aliphatic rings. The van der Waals surface area contributed by atoms with Crippen molar-refractivity contribution in [2.45, 2.75) is 27.2 Å². The average molecular weight is 284 g/mol.